The predicted octanol–water partition coefficient (Wildman–Crippen LogP) is 3.07. The van der Waals surface area contributed by atoms with Gasteiger partial charge in [0.1, 0.15) is 0 Å². The van der Waals surface area contributed by atoms with Crippen LogP contribution in [0.4, 0.5) is 0 Å². The van der Waals surface area contributed by atoms with Crippen molar-refractivity contribution in [1.29, 1.82) is 0 Å². The van der Waals surface area contributed by atoms with E-state index in [9.17, 15) is 0 Å². The number of nitrogens with two attached hydrogens (primary N) is 1. The van der Waals surface area contributed by atoms with Gasteiger partial charge in [-0.05, 0) is 61.3 Å². The van der Waals surface area contributed by atoms with Crippen molar-refractivity contribution in [2.24, 2.45) is 5.73 Å². The quantitative estimate of drug-likeness (QED) is 0.901. The summed E-state index contributed by atoms with van der Waals surface area (Å²) in [6.07, 6.45) is 4.00. The van der Waals surface area contributed by atoms with E-state index in [0.717, 1.165) is 12.6 Å². The number of thiophene rings is 1. The Hall–Kier alpha value is 0.0600. The largest absolute Gasteiger partial charge is 0.326 e. The Morgan fingerprint density at radius 1 is 1.30 bits per heavy atom. The zero-order valence-electron chi connectivity index (χ0n) is 12.3. The van der Waals surface area contributed by atoms with E-state index in [1.807, 2.05) is 11.3 Å². The molecule has 0 radical (unpaired) electrons. The average molecular weight is 358 g/mol. The molecule has 2 aliphatic heterocycles. The van der Waals surface area contributed by atoms with E-state index >= 15 is 0 Å². The van der Waals surface area contributed by atoms with E-state index in [1.165, 1.54) is 34.5 Å². The third kappa shape index (κ3) is 2.83. The summed E-state index contributed by atoms with van der Waals surface area (Å²) in [6, 6.07) is 6.41. The smallest absolute Gasteiger partial charge is 0.0702 e. The lowest BCUT2D eigenvalue weighted by atomic mass is 10.0. The van der Waals surface area contributed by atoms with E-state index in [2.05, 4.69) is 51.8 Å². The average Bonchev–Trinajstić information content (AvgIpc) is 2.88. The minimum absolute atomic E-state index is 0.169. The maximum Gasteiger partial charge on any atom is 0.0702 e. The summed E-state index contributed by atoms with van der Waals surface area (Å²) >= 11 is 5.41. The number of hydrogen-bond acceptors (Lipinski definition) is 4. The molecule has 0 saturated carbocycles. The molecule has 2 saturated heterocycles. The molecule has 1 aromatic heterocycles. The van der Waals surface area contributed by atoms with Gasteiger partial charge >= 0.3 is 0 Å². The number of nitrogens with zero attached hydrogens (tertiary/aromatic N) is 2. The van der Waals surface area contributed by atoms with Crippen LogP contribution in [0.25, 0.3) is 0 Å². The molecule has 4 unspecified atom stereocenters. The standard InChI is InChI=1S/C15H24BrN3S/c1-10(17)15(13-5-6-14(16)20-13)19-8-7-11-3-4-12(9-19)18(11)2/h5-6,10-12,15H,3-4,7-9,17H2,1-2H3. The first-order valence-electron chi connectivity index (χ1n) is 7.53. The second-order valence-electron chi connectivity index (χ2n) is 6.28. The number of rotatable bonds is 3. The van der Waals surface area contributed by atoms with Crippen LogP contribution in [0, 0.1) is 0 Å². The highest BCUT2D eigenvalue weighted by molar-refractivity contribution is 9.11. The summed E-state index contributed by atoms with van der Waals surface area (Å²) in [5.74, 6) is 0. The topological polar surface area (TPSA) is 32.5 Å². The van der Waals surface area contributed by atoms with Gasteiger partial charge in [0.05, 0.1) is 9.83 Å². The van der Waals surface area contributed by atoms with Crippen LogP contribution in [0.2, 0.25) is 0 Å². The molecule has 2 N–H and O–H groups in total. The molecule has 0 amide bonds. The molecule has 0 spiro atoms. The van der Waals surface area contributed by atoms with Gasteiger partial charge in [0.25, 0.3) is 0 Å². The second kappa shape index (κ2) is 6.05. The summed E-state index contributed by atoms with van der Waals surface area (Å²) in [7, 11) is 2.30. The van der Waals surface area contributed by atoms with Crippen molar-refractivity contribution in [2.45, 2.75) is 50.4 Å². The third-order valence-corrected chi connectivity index (χ3v) is 6.65. The van der Waals surface area contributed by atoms with Gasteiger partial charge in [0.15, 0.2) is 0 Å². The van der Waals surface area contributed by atoms with E-state index in [0.29, 0.717) is 12.1 Å². The summed E-state index contributed by atoms with van der Waals surface area (Å²) in [6.45, 7) is 4.48. The second-order valence-corrected chi connectivity index (χ2v) is 8.77. The lowest BCUT2D eigenvalue weighted by molar-refractivity contribution is 0.158. The van der Waals surface area contributed by atoms with Gasteiger partial charge < -0.3 is 5.73 Å². The minimum Gasteiger partial charge on any atom is -0.326 e. The van der Waals surface area contributed by atoms with Crippen LogP contribution in [0.3, 0.4) is 0 Å². The van der Waals surface area contributed by atoms with Crippen LogP contribution in [0.15, 0.2) is 15.9 Å². The van der Waals surface area contributed by atoms with Crippen molar-refractivity contribution in [2.75, 3.05) is 20.1 Å². The summed E-state index contributed by atoms with van der Waals surface area (Å²) in [5.41, 5.74) is 6.33. The summed E-state index contributed by atoms with van der Waals surface area (Å²) in [4.78, 5) is 6.62. The maximum absolute atomic E-state index is 6.33. The van der Waals surface area contributed by atoms with E-state index in [1.54, 1.807) is 0 Å². The normalized spacial score (nSPS) is 31.2. The molecule has 112 valence electrons. The number of likely N-dealkylation sites (tertiary alicyclic amines) is 1. The van der Waals surface area contributed by atoms with Crippen LogP contribution in [-0.4, -0.2) is 48.1 Å². The first-order chi connectivity index (χ1) is 9.56. The van der Waals surface area contributed by atoms with Crippen LogP contribution < -0.4 is 5.73 Å². The van der Waals surface area contributed by atoms with Gasteiger partial charge in [-0.1, -0.05) is 0 Å². The van der Waals surface area contributed by atoms with E-state index in [-0.39, 0.29) is 6.04 Å². The van der Waals surface area contributed by atoms with Crippen LogP contribution >= 0.6 is 27.3 Å². The Kier molecular flexibility index (Phi) is 4.53. The van der Waals surface area contributed by atoms with E-state index in [4.69, 9.17) is 5.73 Å². The molecular weight excluding hydrogens is 334 g/mol. The Labute approximate surface area is 134 Å². The number of likely N-dealkylation sites (N-methyl/N-ethyl adjacent to an activating group) is 1. The third-order valence-electron chi connectivity index (χ3n) is 4.96. The van der Waals surface area contributed by atoms with Gasteiger partial charge in [-0.3, -0.25) is 9.80 Å². The molecule has 3 heterocycles. The molecule has 2 bridgehead atoms. The fraction of sp³-hybridized carbons (Fsp3) is 0.733. The molecule has 0 aromatic carbocycles. The SMILES string of the molecule is CC(N)C(c1ccc(Br)s1)N1CCC2CCC(C1)N2C. The molecule has 20 heavy (non-hydrogen) atoms. The summed E-state index contributed by atoms with van der Waals surface area (Å²) in [5, 5.41) is 0. The molecule has 2 fully saturated rings. The van der Waals surface area contributed by atoms with Gasteiger partial charge in [-0.25, -0.2) is 0 Å². The maximum atomic E-state index is 6.33. The number of halogens is 1. The number of fused-ring (bicyclic) bond motifs is 2. The molecule has 2 aliphatic rings. The lowest BCUT2D eigenvalue weighted by Crippen LogP contribution is -2.43. The fourth-order valence-corrected chi connectivity index (χ4v) is 5.52. The molecule has 3 nitrogen and oxygen atoms in total. The monoisotopic (exact) mass is 357 g/mol. The molecular formula is C15H24BrN3S. The first kappa shape index (κ1) is 15.0. The highest BCUT2D eigenvalue weighted by atomic mass is 79.9. The van der Waals surface area contributed by atoms with E-state index < -0.39 is 0 Å². The van der Waals surface area contributed by atoms with Gasteiger partial charge in [0.2, 0.25) is 0 Å². The van der Waals surface area contributed by atoms with Crippen molar-refractivity contribution >= 4 is 27.3 Å². The van der Waals surface area contributed by atoms with Crippen molar-refractivity contribution in [3.8, 4) is 0 Å². The zero-order chi connectivity index (χ0) is 14.3. The predicted molar refractivity (Wildman–Crippen MR) is 89.2 cm³/mol. The van der Waals surface area contributed by atoms with Crippen molar-refractivity contribution in [3.63, 3.8) is 0 Å². The molecule has 3 rings (SSSR count). The van der Waals surface area contributed by atoms with Crippen LogP contribution in [-0.2, 0) is 0 Å². The lowest BCUT2D eigenvalue weighted by Gasteiger charge is -2.35. The molecule has 1 aromatic rings. The Morgan fingerprint density at radius 3 is 2.70 bits per heavy atom. The van der Waals surface area contributed by atoms with Crippen molar-refractivity contribution < 1.29 is 0 Å². The number of hydrogen-bond donors (Lipinski definition) is 1. The van der Waals surface area contributed by atoms with Gasteiger partial charge in [-0.15, -0.1) is 11.3 Å². The van der Waals surface area contributed by atoms with Crippen LogP contribution in [0.5, 0.6) is 0 Å². The fourth-order valence-electron chi connectivity index (χ4n) is 3.85. The molecule has 0 aliphatic carbocycles. The highest BCUT2D eigenvalue weighted by Gasteiger charge is 2.37. The highest BCUT2D eigenvalue weighted by Crippen LogP contribution is 2.36. The van der Waals surface area contributed by atoms with Crippen LogP contribution in [0.1, 0.15) is 37.1 Å². The molecule has 4 atom stereocenters. The van der Waals surface area contributed by atoms with Gasteiger partial charge in [-0.2, -0.15) is 0 Å². The van der Waals surface area contributed by atoms with Gasteiger partial charge in [0, 0.05) is 36.1 Å². The van der Waals surface area contributed by atoms with Crippen molar-refractivity contribution in [1.82, 2.24) is 9.80 Å². The molecule has 5 heteroatoms. The Bertz CT molecular complexity index is 462. The zero-order valence-corrected chi connectivity index (χ0v) is 14.7. The first-order valence-corrected chi connectivity index (χ1v) is 9.14. The van der Waals surface area contributed by atoms with Crippen molar-refractivity contribution in [3.05, 3.63) is 20.8 Å². The summed E-state index contributed by atoms with van der Waals surface area (Å²) < 4.78 is 1.20. The minimum atomic E-state index is 0.169. The Balaban J connectivity index is 1.81. The Morgan fingerprint density at radius 2 is 2.05 bits per heavy atom.